The molecular weight excluding hydrogens is 308 g/mol. The third-order valence-electron chi connectivity index (χ3n) is 2.85. The van der Waals surface area contributed by atoms with Crippen LogP contribution in [0.2, 0.25) is 0 Å². The molecule has 2 rings (SSSR count). The van der Waals surface area contributed by atoms with Crippen molar-refractivity contribution in [3.63, 3.8) is 0 Å². The van der Waals surface area contributed by atoms with Gasteiger partial charge in [-0.2, -0.15) is 0 Å². The molecule has 0 aliphatic carbocycles. The number of carboxylic acids is 2. The van der Waals surface area contributed by atoms with Gasteiger partial charge in [-0.25, -0.2) is 0 Å². The summed E-state index contributed by atoms with van der Waals surface area (Å²) in [5.74, 6) is -1.72. The molecule has 0 saturated carbocycles. The smallest absolute Gasteiger partial charge is 0.326 e. The molecule has 2 aliphatic heterocycles. The summed E-state index contributed by atoms with van der Waals surface area (Å²) in [6.07, 6.45) is 0. The average molecular weight is 326 g/mol. The normalized spacial score (nSPS) is 32.9. The van der Waals surface area contributed by atoms with E-state index in [9.17, 15) is 9.59 Å². The molecule has 2 aliphatic rings. The van der Waals surface area contributed by atoms with Crippen LogP contribution in [0, 0.1) is 0 Å². The summed E-state index contributed by atoms with van der Waals surface area (Å²) in [7, 11) is 0. The second kappa shape index (κ2) is 7.18. The molecule has 0 aromatic carbocycles. The quantitative estimate of drug-likeness (QED) is 0.468. The van der Waals surface area contributed by atoms with Gasteiger partial charge in [0.1, 0.15) is 11.1 Å². The zero-order chi connectivity index (χ0) is 13.8. The fraction of sp³-hybridized carbons (Fsp3) is 0.800. The SMILES string of the molecule is CC1(C(=O)O)COCN1.CC1(C(=O)O)COCN1.[Cu]. The van der Waals surface area contributed by atoms with Crippen molar-refractivity contribution < 1.29 is 46.3 Å². The molecule has 2 atom stereocenters. The fourth-order valence-corrected chi connectivity index (χ4v) is 1.31. The summed E-state index contributed by atoms with van der Waals surface area (Å²) >= 11 is 0. The third-order valence-corrected chi connectivity index (χ3v) is 2.85. The van der Waals surface area contributed by atoms with Crippen LogP contribution in [0.1, 0.15) is 13.8 Å². The third kappa shape index (κ3) is 4.72. The number of carboxylic acid groups (broad SMARTS) is 2. The van der Waals surface area contributed by atoms with E-state index in [0.717, 1.165) is 0 Å². The molecule has 0 aromatic heterocycles. The van der Waals surface area contributed by atoms with Crippen molar-refractivity contribution in [2.75, 3.05) is 26.7 Å². The second-order valence-corrected chi connectivity index (χ2v) is 4.61. The Morgan fingerprint density at radius 3 is 1.37 bits per heavy atom. The summed E-state index contributed by atoms with van der Waals surface area (Å²) < 4.78 is 9.66. The van der Waals surface area contributed by atoms with Gasteiger partial charge in [-0.05, 0) is 13.8 Å². The fourth-order valence-electron chi connectivity index (χ4n) is 1.31. The van der Waals surface area contributed by atoms with Crippen LogP contribution in [0.5, 0.6) is 0 Å². The van der Waals surface area contributed by atoms with E-state index in [4.69, 9.17) is 19.7 Å². The standard InChI is InChI=1S/2C5H9NO3.Cu/c2*1-5(4(7)8)2-9-3-6-5;/h2*6H,2-3H2,1H3,(H,7,8);. The second-order valence-electron chi connectivity index (χ2n) is 4.61. The molecule has 2 unspecified atom stereocenters. The Bertz CT molecular complexity index is 294. The van der Waals surface area contributed by atoms with Gasteiger partial charge in [-0.1, -0.05) is 0 Å². The number of rotatable bonds is 2. The minimum absolute atomic E-state index is 0. The van der Waals surface area contributed by atoms with Crippen molar-refractivity contribution in [3.05, 3.63) is 0 Å². The van der Waals surface area contributed by atoms with Gasteiger partial charge in [-0.3, -0.25) is 20.2 Å². The van der Waals surface area contributed by atoms with Crippen LogP contribution >= 0.6 is 0 Å². The number of ether oxygens (including phenoxy) is 2. The summed E-state index contributed by atoms with van der Waals surface area (Å²) in [6.45, 7) is 4.38. The Morgan fingerprint density at radius 1 is 0.947 bits per heavy atom. The van der Waals surface area contributed by atoms with Gasteiger partial charge in [0.05, 0.1) is 26.7 Å². The predicted molar refractivity (Wildman–Crippen MR) is 60.0 cm³/mol. The van der Waals surface area contributed by atoms with Crippen molar-refractivity contribution in [3.8, 4) is 0 Å². The van der Waals surface area contributed by atoms with E-state index in [-0.39, 0.29) is 30.3 Å². The zero-order valence-electron chi connectivity index (χ0n) is 10.7. The molecule has 1 radical (unpaired) electrons. The van der Waals surface area contributed by atoms with Gasteiger partial charge in [-0.15, -0.1) is 0 Å². The van der Waals surface area contributed by atoms with E-state index in [2.05, 4.69) is 10.6 Å². The van der Waals surface area contributed by atoms with Crippen molar-refractivity contribution in [2.24, 2.45) is 0 Å². The van der Waals surface area contributed by atoms with E-state index >= 15 is 0 Å². The molecule has 2 heterocycles. The van der Waals surface area contributed by atoms with Crippen molar-refractivity contribution in [1.82, 2.24) is 10.6 Å². The molecule has 0 aromatic rings. The van der Waals surface area contributed by atoms with Crippen LogP contribution in [0.4, 0.5) is 0 Å². The minimum Gasteiger partial charge on any atom is -0.480 e. The first-order valence-corrected chi connectivity index (χ1v) is 5.42. The zero-order valence-corrected chi connectivity index (χ0v) is 11.6. The molecule has 9 heteroatoms. The maximum atomic E-state index is 10.4. The first kappa shape index (κ1) is 18.3. The van der Waals surface area contributed by atoms with Crippen molar-refractivity contribution in [2.45, 2.75) is 24.9 Å². The van der Waals surface area contributed by atoms with E-state index in [1.807, 2.05) is 0 Å². The van der Waals surface area contributed by atoms with Crippen LogP contribution in [-0.4, -0.2) is 59.9 Å². The molecule has 115 valence electrons. The van der Waals surface area contributed by atoms with Gasteiger partial charge in [0.15, 0.2) is 0 Å². The monoisotopic (exact) mass is 325 g/mol. The summed E-state index contributed by atoms with van der Waals surface area (Å²) in [5.41, 5.74) is -1.72. The van der Waals surface area contributed by atoms with Crippen molar-refractivity contribution >= 4 is 11.9 Å². The molecular formula is C10H18CuN2O6. The topological polar surface area (TPSA) is 117 Å². The van der Waals surface area contributed by atoms with Gasteiger partial charge in [0.2, 0.25) is 0 Å². The van der Waals surface area contributed by atoms with Crippen LogP contribution in [0.3, 0.4) is 0 Å². The molecule has 0 amide bonds. The van der Waals surface area contributed by atoms with Gasteiger partial charge < -0.3 is 19.7 Å². The number of carbonyl (C=O) groups is 2. The molecule has 0 bridgehead atoms. The number of hydrogen-bond donors (Lipinski definition) is 4. The maximum Gasteiger partial charge on any atom is 0.326 e. The molecule has 2 saturated heterocycles. The van der Waals surface area contributed by atoms with E-state index in [0.29, 0.717) is 13.5 Å². The molecule has 8 nitrogen and oxygen atoms in total. The first-order chi connectivity index (χ1) is 8.30. The molecule has 0 spiro atoms. The van der Waals surface area contributed by atoms with Gasteiger partial charge in [0, 0.05) is 17.1 Å². The minimum atomic E-state index is -0.861. The van der Waals surface area contributed by atoms with Gasteiger partial charge in [0.25, 0.3) is 0 Å². The van der Waals surface area contributed by atoms with Crippen LogP contribution in [0.15, 0.2) is 0 Å². The Kier molecular flexibility index (Phi) is 6.92. The Morgan fingerprint density at radius 2 is 1.26 bits per heavy atom. The Hall–Kier alpha value is -0.701. The average Bonchev–Trinajstić information content (AvgIpc) is 2.90. The Balaban J connectivity index is 0.000000324. The number of nitrogens with one attached hydrogen (secondary N) is 2. The van der Waals surface area contributed by atoms with Gasteiger partial charge >= 0.3 is 11.9 Å². The van der Waals surface area contributed by atoms with E-state index < -0.39 is 23.0 Å². The van der Waals surface area contributed by atoms with E-state index in [1.165, 1.54) is 0 Å². The molecule has 2 fully saturated rings. The van der Waals surface area contributed by atoms with Crippen LogP contribution in [0.25, 0.3) is 0 Å². The van der Waals surface area contributed by atoms with Crippen molar-refractivity contribution in [1.29, 1.82) is 0 Å². The largest absolute Gasteiger partial charge is 0.480 e. The first-order valence-electron chi connectivity index (χ1n) is 5.42. The number of hydrogen-bond acceptors (Lipinski definition) is 6. The summed E-state index contributed by atoms with van der Waals surface area (Å²) in [5, 5.41) is 22.5. The number of aliphatic carboxylic acids is 2. The van der Waals surface area contributed by atoms with Crippen LogP contribution < -0.4 is 10.6 Å². The molecule has 4 N–H and O–H groups in total. The summed E-state index contributed by atoms with van der Waals surface area (Å²) in [4.78, 5) is 20.8. The van der Waals surface area contributed by atoms with Crippen LogP contribution in [-0.2, 0) is 36.1 Å². The maximum absolute atomic E-state index is 10.4. The summed E-state index contributed by atoms with van der Waals surface area (Å²) in [6, 6.07) is 0. The molecule has 19 heavy (non-hydrogen) atoms. The predicted octanol–water partition coefficient (Wildman–Crippen LogP) is -1.19. The van der Waals surface area contributed by atoms with E-state index in [1.54, 1.807) is 13.8 Å². The Labute approximate surface area is 121 Å².